The molecule has 1 aliphatic rings. The fraction of sp³-hybridized carbons (Fsp3) is 0.800. The number of aliphatic hydroxyl groups is 1. The molecule has 1 fully saturated rings. The van der Waals surface area contributed by atoms with E-state index < -0.39 is 0 Å². The molecule has 1 unspecified atom stereocenters. The van der Waals surface area contributed by atoms with Crippen LogP contribution >= 0.6 is 11.8 Å². The zero-order valence-electron chi connectivity index (χ0n) is 12.9. The summed E-state index contributed by atoms with van der Waals surface area (Å²) < 4.78 is 1.94. The lowest BCUT2D eigenvalue weighted by Gasteiger charge is -2.23. The van der Waals surface area contributed by atoms with Crippen LogP contribution in [0.1, 0.15) is 36.2 Å². The van der Waals surface area contributed by atoms with Crippen LogP contribution in [-0.4, -0.2) is 51.0 Å². The molecule has 1 aromatic heterocycles. The number of aliphatic hydroxyl groups excluding tert-OH is 1. The minimum Gasteiger partial charge on any atom is -0.394 e. The Balaban J connectivity index is 2.08. The van der Waals surface area contributed by atoms with Gasteiger partial charge >= 0.3 is 0 Å². The maximum Gasteiger partial charge on any atom is 0.0644 e. The topological polar surface area (TPSA) is 41.3 Å². The summed E-state index contributed by atoms with van der Waals surface area (Å²) in [7, 11) is 0. The van der Waals surface area contributed by atoms with Gasteiger partial charge in [-0.2, -0.15) is 16.9 Å². The van der Waals surface area contributed by atoms with Gasteiger partial charge in [0.15, 0.2) is 0 Å². The SMILES string of the molecule is CSC1CCCCN(Cc2c(C)nn(CCO)c2C)C1. The van der Waals surface area contributed by atoms with Gasteiger partial charge < -0.3 is 5.11 Å². The number of thioether (sulfide) groups is 1. The van der Waals surface area contributed by atoms with Crippen LogP contribution in [0.15, 0.2) is 0 Å². The Hall–Kier alpha value is -0.520. The van der Waals surface area contributed by atoms with Crippen molar-refractivity contribution >= 4 is 11.8 Å². The quantitative estimate of drug-likeness (QED) is 0.905. The normalized spacial score (nSPS) is 21.1. The molecule has 2 rings (SSSR count). The second-order valence-corrected chi connectivity index (χ2v) is 6.82. The highest BCUT2D eigenvalue weighted by Crippen LogP contribution is 2.23. The van der Waals surface area contributed by atoms with E-state index in [4.69, 9.17) is 5.11 Å². The van der Waals surface area contributed by atoms with Gasteiger partial charge in [0.25, 0.3) is 0 Å². The fourth-order valence-corrected chi connectivity index (χ4v) is 3.78. The van der Waals surface area contributed by atoms with E-state index in [2.05, 4.69) is 30.1 Å². The maximum absolute atomic E-state index is 9.10. The molecule has 0 amide bonds. The van der Waals surface area contributed by atoms with Crippen molar-refractivity contribution in [2.45, 2.75) is 51.4 Å². The lowest BCUT2D eigenvalue weighted by Crippen LogP contribution is -2.29. The van der Waals surface area contributed by atoms with Crippen molar-refractivity contribution in [2.24, 2.45) is 0 Å². The number of rotatable bonds is 5. The van der Waals surface area contributed by atoms with Gasteiger partial charge in [0.05, 0.1) is 18.8 Å². The molecule has 0 bridgehead atoms. The Morgan fingerprint density at radius 1 is 1.35 bits per heavy atom. The Morgan fingerprint density at radius 2 is 2.15 bits per heavy atom. The number of aromatic nitrogens is 2. The lowest BCUT2D eigenvalue weighted by molar-refractivity contribution is 0.266. The number of aryl methyl sites for hydroxylation is 1. The Labute approximate surface area is 126 Å². The van der Waals surface area contributed by atoms with Gasteiger partial charge in [-0.25, -0.2) is 0 Å². The molecule has 5 heteroatoms. The van der Waals surface area contributed by atoms with Crippen LogP contribution in [0, 0.1) is 13.8 Å². The maximum atomic E-state index is 9.10. The molecule has 0 saturated carbocycles. The summed E-state index contributed by atoms with van der Waals surface area (Å²) in [5, 5.41) is 14.4. The van der Waals surface area contributed by atoms with E-state index in [9.17, 15) is 0 Å². The molecular weight excluding hydrogens is 270 g/mol. The minimum absolute atomic E-state index is 0.152. The van der Waals surface area contributed by atoms with E-state index in [1.165, 1.54) is 43.6 Å². The molecule has 20 heavy (non-hydrogen) atoms. The molecule has 114 valence electrons. The lowest BCUT2D eigenvalue weighted by atomic mass is 10.2. The van der Waals surface area contributed by atoms with Crippen LogP contribution in [-0.2, 0) is 13.1 Å². The first-order chi connectivity index (χ1) is 9.65. The average Bonchev–Trinajstić information content (AvgIpc) is 2.62. The highest BCUT2D eigenvalue weighted by atomic mass is 32.2. The van der Waals surface area contributed by atoms with Gasteiger partial charge in [0.2, 0.25) is 0 Å². The molecule has 4 nitrogen and oxygen atoms in total. The summed E-state index contributed by atoms with van der Waals surface area (Å²) in [6.45, 7) is 8.33. The largest absolute Gasteiger partial charge is 0.394 e. The van der Waals surface area contributed by atoms with Crippen molar-refractivity contribution in [3.63, 3.8) is 0 Å². The van der Waals surface area contributed by atoms with Crippen molar-refractivity contribution in [3.05, 3.63) is 17.0 Å². The fourth-order valence-electron chi connectivity index (χ4n) is 3.01. The first-order valence-corrected chi connectivity index (χ1v) is 8.83. The van der Waals surface area contributed by atoms with E-state index in [0.29, 0.717) is 6.54 Å². The summed E-state index contributed by atoms with van der Waals surface area (Å²) >= 11 is 2.00. The summed E-state index contributed by atoms with van der Waals surface area (Å²) in [5.41, 5.74) is 3.67. The van der Waals surface area contributed by atoms with Crippen molar-refractivity contribution in [1.29, 1.82) is 0 Å². The van der Waals surface area contributed by atoms with Crippen LogP contribution in [0.4, 0.5) is 0 Å². The molecule has 1 atom stereocenters. The molecule has 1 aliphatic heterocycles. The van der Waals surface area contributed by atoms with Crippen LogP contribution in [0.2, 0.25) is 0 Å². The van der Waals surface area contributed by atoms with Gasteiger partial charge in [-0.3, -0.25) is 9.58 Å². The van der Waals surface area contributed by atoms with E-state index in [-0.39, 0.29) is 6.61 Å². The van der Waals surface area contributed by atoms with Crippen LogP contribution < -0.4 is 0 Å². The van der Waals surface area contributed by atoms with E-state index >= 15 is 0 Å². The van der Waals surface area contributed by atoms with Gasteiger partial charge in [-0.15, -0.1) is 0 Å². The molecule has 1 N–H and O–H groups in total. The second kappa shape index (κ2) is 7.48. The number of nitrogens with zero attached hydrogens (tertiary/aromatic N) is 3. The van der Waals surface area contributed by atoms with Gasteiger partial charge in [-0.1, -0.05) is 6.42 Å². The van der Waals surface area contributed by atoms with Crippen LogP contribution in [0.3, 0.4) is 0 Å². The predicted molar refractivity (Wildman–Crippen MR) is 85.2 cm³/mol. The first-order valence-electron chi connectivity index (χ1n) is 7.54. The smallest absolute Gasteiger partial charge is 0.0644 e. The molecule has 2 heterocycles. The molecule has 1 aromatic rings. The number of likely N-dealkylation sites (tertiary alicyclic amines) is 1. The zero-order chi connectivity index (χ0) is 14.5. The van der Waals surface area contributed by atoms with Gasteiger partial charge in [-0.05, 0) is 39.5 Å². The van der Waals surface area contributed by atoms with E-state index in [1.54, 1.807) is 0 Å². The predicted octanol–water partition coefficient (Wildman–Crippen LogP) is 2.21. The third-order valence-corrected chi connectivity index (χ3v) is 5.32. The Bertz CT molecular complexity index is 433. The molecule has 0 radical (unpaired) electrons. The highest BCUT2D eigenvalue weighted by Gasteiger charge is 2.20. The Kier molecular flexibility index (Phi) is 5.93. The number of hydrogen-bond donors (Lipinski definition) is 1. The summed E-state index contributed by atoms with van der Waals surface area (Å²) in [6.07, 6.45) is 6.23. The third kappa shape index (κ3) is 3.77. The van der Waals surface area contributed by atoms with Gasteiger partial charge in [0, 0.05) is 29.6 Å². The summed E-state index contributed by atoms with van der Waals surface area (Å²) in [5.74, 6) is 0. The first kappa shape index (κ1) is 15.9. The van der Waals surface area contributed by atoms with Crippen molar-refractivity contribution in [2.75, 3.05) is 26.0 Å². The minimum atomic E-state index is 0.152. The second-order valence-electron chi connectivity index (χ2n) is 5.68. The molecular formula is C15H27N3OS. The zero-order valence-corrected chi connectivity index (χ0v) is 13.7. The summed E-state index contributed by atoms with van der Waals surface area (Å²) in [6, 6.07) is 0. The van der Waals surface area contributed by atoms with Crippen LogP contribution in [0.25, 0.3) is 0 Å². The average molecular weight is 297 g/mol. The van der Waals surface area contributed by atoms with Crippen molar-refractivity contribution in [1.82, 2.24) is 14.7 Å². The Morgan fingerprint density at radius 3 is 2.85 bits per heavy atom. The standard InChI is InChI=1S/C15H27N3OS/c1-12-15(13(2)18(16-12)8-9-19)11-17-7-5-4-6-14(10-17)20-3/h14,19H,4-11H2,1-3H3. The third-order valence-electron chi connectivity index (χ3n) is 4.27. The van der Waals surface area contributed by atoms with Crippen LogP contribution in [0.5, 0.6) is 0 Å². The van der Waals surface area contributed by atoms with E-state index in [0.717, 1.165) is 17.5 Å². The van der Waals surface area contributed by atoms with Crippen molar-refractivity contribution in [3.8, 4) is 0 Å². The van der Waals surface area contributed by atoms with Gasteiger partial charge in [0.1, 0.15) is 0 Å². The summed E-state index contributed by atoms with van der Waals surface area (Å²) in [4.78, 5) is 2.58. The van der Waals surface area contributed by atoms with E-state index in [1.807, 2.05) is 16.4 Å². The molecule has 0 aliphatic carbocycles. The molecule has 1 saturated heterocycles. The highest BCUT2D eigenvalue weighted by molar-refractivity contribution is 7.99. The molecule has 0 spiro atoms. The number of hydrogen-bond acceptors (Lipinski definition) is 4. The molecule has 0 aromatic carbocycles. The monoisotopic (exact) mass is 297 g/mol. The van der Waals surface area contributed by atoms with Crippen molar-refractivity contribution < 1.29 is 5.11 Å².